The number of aryl methyl sites for hydroxylation is 2. The van der Waals surface area contributed by atoms with Crippen molar-refractivity contribution >= 4 is 11.1 Å². The third-order valence-electron chi connectivity index (χ3n) is 9.32. The molecule has 2 aromatic rings. The van der Waals surface area contributed by atoms with Gasteiger partial charge in [0, 0.05) is 11.8 Å². The van der Waals surface area contributed by atoms with Crippen molar-refractivity contribution in [1.29, 1.82) is 0 Å². The molecular formula is C41H46. The van der Waals surface area contributed by atoms with Gasteiger partial charge in [0.15, 0.2) is 0 Å². The zero-order valence-electron chi connectivity index (χ0n) is 25.9. The monoisotopic (exact) mass is 538 g/mol. The maximum atomic E-state index is 4.78. The van der Waals surface area contributed by atoms with Crippen LogP contribution in [-0.2, 0) is 12.8 Å². The summed E-state index contributed by atoms with van der Waals surface area (Å²) in [6.07, 6.45) is 15.7. The Hall–Kier alpha value is -3.64. The van der Waals surface area contributed by atoms with Crippen molar-refractivity contribution in [3.05, 3.63) is 153 Å². The second-order valence-corrected chi connectivity index (χ2v) is 12.2. The third-order valence-corrected chi connectivity index (χ3v) is 9.32. The Labute approximate surface area is 249 Å². The van der Waals surface area contributed by atoms with Gasteiger partial charge in [-0.3, -0.25) is 0 Å². The molecule has 0 radical (unpaired) electrons. The Kier molecular flexibility index (Phi) is 8.50. The van der Waals surface area contributed by atoms with Crippen molar-refractivity contribution in [2.75, 3.05) is 0 Å². The van der Waals surface area contributed by atoms with Gasteiger partial charge in [-0.25, -0.2) is 0 Å². The molecule has 0 nitrogen and oxygen atoms in total. The SMILES string of the molecule is C=C(CCC)C1=C(C)C=C2C/C(=C\C3=CC=C(c4ccccc4C(=C)C)C3)C(=C)C2C1c1ccc(CC)c(CC)c1. The molecule has 0 heteroatoms. The van der Waals surface area contributed by atoms with Gasteiger partial charge < -0.3 is 0 Å². The van der Waals surface area contributed by atoms with E-state index < -0.39 is 0 Å². The Balaban J connectivity index is 1.48. The Bertz CT molecular complexity index is 1570. The highest BCUT2D eigenvalue weighted by Crippen LogP contribution is 2.55. The lowest BCUT2D eigenvalue weighted by atomic mass is 9.68. The smallest absolute Gasteiger partial charge is 0.0201 e. The molecule has 210 valence electrons. The average Bonchev–Trinajstić information content (AvgIpc) is 3.56. The summed E-state index contributed by atoms with van der Waals surface area (Å²) in [7, 11) is 0. The fraction of sp³-hybridized carbons (Fsp3) is 0.317. The highest BCUT2D eigenvalue weighted by atomic mass is 14.4. The second kappa shape index (κ2) is 12.1. The fourth-order valence-electron chi connectivity index (χ4n) is 7.33. The molecule has 0 aliphatic heterocycles. The standard InChI is InChI=1S/C41H46/c1-9-14-27(6)39-28(7)21-36-25-35(23-30-17-18-33(22-30)38-16-13-12-15-37(38)26(4)5)29(8)40(36)41(39)34-20-19-31(10-2)32(11-3)24-34/h12-13,15-21,23-24,40-41H,4,6,8-11,14,22,25H2,1-3,5,7H3/b35-23+. The van der Waals surface area contributed by atoms with Crippen LogP contribution in [0.5, 0.6) is 0 Å². The molecule has 1 fully saturated rings. The predicted molar refractivity (Wildman–Crippen MR) is 180 cm³/mol. The molecule has 2 atom stereocenters. The second-order valence-electron chi connectivity index (χ2n) is 12.2. The van der Waals surface area contributed by atoms with Crippen LogP contribution < -0.4 is 0 Å². The maximum absolute atomic E-state index is 4.78. The van der Waals surface area contributed by atoms with Crippen LogP contribution in [0.1, 0.15) is 94.0 Å². The Morgan fingerprint density at radius 1 is 0.927 bits per heavy atom. The van der Waals surface area contributed by atoms with Gasteiger partial charge in [-0.2, -0.15) is 0 Å². The zero-order chi connectivity index (χ0) is 29.3. The zero-order valence-corrected chi connectivity index (χ0v) is 25.9. The number of benzene rings is 2. The van der Waals surface area contributed by atoms with E-state index in [1.54, 1.807) is 0 Å². The summed E-state index contributed by atoms with van der Waals surface area (Å²) >= 11 is 0. The Morgan fingerprint density at radius 2 is 1.68 bits per heavy atom. The fourth-order valence-corrected chi connectivity index (χ4v) is 7.33. The molecule has 0 aromatic heterocycles. The summed E-state index contributed by atoms with van der Waals surface area (Å²) in [4.78, 5) is 0. The Morgan fingerprint density at radius 3 is 2.39 bits per heavy atom. The molecule has 2 unspecified atom stereocenters. The van der Waals surface area contributed by atoms with Crippen LogP contribution in [0, 0.1) is 5.92 Å². The molecule has 5 rings (SSSR count). The van der Waals surface area contributed by atoms with Gasteiger partial charge in [-0.1, -0.05) is 130 Å². The quantitative estimate of drug-likeness (QED) is 0.298. The van der Waals surface area contributed by atoms with Crippen molar-refractivity contribution in [2.45, 2.75) is 79.1 Å². The number of hydrogen-bond acceptors (Lipinski definition) is 0. The summed E-state index contributed by atoms with van der Waals surface area (Å²) in [6.45, 7) is 24.8. The first-order valence-corrected chi connectivity index (χ1v) is 15.5. The first-order valence-electron chi connectivity index (χ1n) is 15.5. The van der Waals surface area contributed by atoms with E-state index in [9.17, 15) is 0 Å². The van der Waals surface area contributed by atoms with E-state index in [2.05, 4.69) is 115 Å². The summed E-state index contributed by atoms with van der Waals surface area (Å²) in [6, 6.07) is 15.9. The van der Waals surface area contributed by atoms with Gasteiger partial charge in [-0.15, -0.1) is 0 Å². The lowest BCUT2D eigenvalue weighted by Crippen LogP contribution is -2.21. The van der Waals surface area contributed by atoms with Crippen molar-refractivity contribution in [3.63, 3.8) is 0 Å². The predicted octanol–water partition coefficient (Wildman–Crippen LogP) is 11.5. The number of hydrogen-bond donors (Lipinski definition) is 0. The summed E-state index contributed by atoms with van der Waals surface area (Å²) in [5.41, 5.74) is 19.0. The normalized spacial score (nSPS) is 21.1. The van der Waals surface area contributed by atoms with Crippen molar-refractivity contribution < 1.29 is 0 Å². The van der Waals surface area contributed by atoms with Crippen LogP contribution in [0.3, 0.4) is 0 Å². The van der Waals surface area contributed by atoms with Crippen LogP contribution in [0.25, 0.3) is 11.1 Å². The summed E-state index contributed by atoms with van der Waals surface area (Å²) in [5.74, 6) is 0.571. The van der Waals surface area contributed by atoms with Crippen molar-refractivity contribution in [1.82, 2.24) is 0 Å². The van der Waals surface area contributed by atoms with Gasteiger partial charge in [0.25, 0.3) is 0 Å². The van der Waals surface area contributed by atoms with Gasteiger partial charge in [0.1, 0.15) is 0 Å². The van der Waals surface area contributed by atoms with E-state index in [0.29, 0.717) is 5.92 Å². The van der Waals surface area contributed by atoms with Gasteiger partial charge >= 0.3 is 0 Å². The topological polar surface area (TPSA) is 0 Å². The third kappa shape index (κ3) is 5.50. The van der Waals surface area contributed by atoms with E-state index in [0.717, 1.165) is 44.1 Å². The van der Waals surface area contributed by atoms with E-state index >= 15 is 0 Å². The summed E-state index contributed by atoms with van der Waals surface area (Å²) < 4.78 is 0. The van der Waals surface area contributed by atoms with Gasteiger partial charge in [0.05, 0.1) is 0 Å². The minimum atomic E-state index is 0.275. The molecule has 41 heavy (non-hydrogen) atoms. The molecule has 3 aliphatic rings. The van der Waals surface area contributed by atoms with Crippen molar-refractivity contribution in [2.24, 2.45) is 5.92 Å². The molecule has 0 spiro atoms. The van der Waals surface area contributed by atoms with Crippen LogP contribution in [-0.4, -0.2) is 0 Å². The average molecular weight is 539 g/mol. The van der Waals surface area contributed by atoms with Crippen molar-refractivity contribution in [3.8, 4) is 0 Å². The van der Waals surface area contributed by atoms with Crippen LogP contribution in [0.15, 0.2) is 126 Å². The number of fused-ring (bicyclic) bond motifs is 1. The first kappa shape index (κ1) is 28.9. The largest absolute Gasteiger partial charge is 0.0955 e. The van der Waals surface area contributed by atoms with E-state index in [1.165, 1.54) is 72.4 Å². The molecule has 0 bridgehead atoms. The minimum absolute atomic E-state index is 0.275. The maximum Gasteiger partial charge on any atom is 0.0201 e. The molecular weight excluding hydrogens is 492 g/mol. The van der Waals surface area contributed by atoms with Crippen LogP contribution in [0.2, 0.25) is 0 Å². The van der Waals surface area contributed by atoms with E-state index in [-0.39, 0.29) is 5.92 Å². The number of rotatable bonds is 9. The molecule has 1 saturated carbocycles. The van der Waals surface area contributed by atoms with Gasteiger partial charge in [0.2, 0.25) is 0 Å². The lowest BCUT2D eigenvalue weighted by Gasteiger charge is -2.35. The van der Waals surface area contributed by atoms with E-state index in [1.807, 2.05) is 0 Å². The molecule has 2 aromatic carbocycles. The molecule has 3 aliphatic carbocycles. The molecule has 0 heterocycles. The van der Waals surface area contributed by atoms with E-state index in [4.69, 9.17) is 6.58 Å². The molecule has 0 N–H and O–H groups in total. The van der Waals surface area contributed by atoms with Crippen LogP contribution >= 0.6 is 0 Å². The summed E-state index contributed by atoms with van der Waals surface area (Å²) in [5, 5.41) is 0. The highest BCUT2D eigenvalue weighted by molar-refractivity contribution is 5.82. The highest BCUT2D eigenvalue weighted by Gasteiger charge is 2.41. The van der Waals surface area contributed by atoms with Gasteiger partial charge in [-0.05, 0) is 107 Å². The molecule has 0 amide bonds. The number of allylic oxidation sites excluding steroid dienone is 13. The molecule has 0 saturated heterocycles. The van der Waals surface area contributed by atoms with Crippen LogP contribution in [0.4, 0.5) is 0 Å². The lowest BCUT2D eigenvalue weighted by molar-refractivity contribution is 0.618. The minimum Gasteiger partial charge on any atom is -0.0955 e. The first-order chi connectivity index (χ1) is 19.8.